The highest BCUT2D eigenvalue weighted by molar-refractivity contribution is 5.97. The maximum absolute atomic E-state index is 12.4. The maximum Gasteiger partial charge on any atom is 0.163 e. The third kappa shape index (κ3) is 3.66. The van der Waals surface area contributed by atoms with Gasteiger partial charge in [-0.05, 0) is 57.2 Å². The molecular weight excluding hydrogens is 234 g/mol. The van der Waals surface area contributed by atoms with Gasteiger partial charge in [0.2, 0.25) is 0 Å². The number of hydrogen-bond donors (Lipinski definition) is 1. The van der Waals surface area contributed by atoms with Gasteiger partial charge in [0.1, 0.15) is 0 Å². The van der Waals surface area contributed by atoms with Gasteiger partial charge in [-0.3, -0.25) is 4.79 Å². The summed E-state index contributed by atoms with van der Waals surface area (Å²) in [5, 5.41) is 3.44. The van der Waals surface area contributed by atoms with Crippen molar-refractivity contribution in [2.24, 2.45) is 11.8 Å². The van der Waals surface area contributed by atoms with Crippen LogP contribution >= 0.6 is 0 Å². The van der Waals surface area contributed by atoms with Crippen molar-refractivity contribution in [2.75, 3.05) is 13.1 Å². The molecule has 0 spiro atoms. The molecule has 1 aliphatic rings. The fourth-order valence-corrected chi connectivity index (χ4v) is 3.06. The fourth-order valence-electron chi connectivity index (χ4n) is 3.06. The predicted molar refractivity (Wildman–Crippen MR) is 79.6 cm³/mol. The Hall–Kier alpha value is -1.15. The number of carbonyl (C=O) groups excluding carboxylic acids is 1. The van der Waals surface area contributed by atoms with Crippen molar-refractivity contribution in [1.82, 2.24) is 5.32 Å². The van der Waals surface area contributed by atoms with Gasteiger partial charge in [-0.2, -0.15) is 0 Å². The van der Waals surface area contributed by atoms with E-state index in [0.717, 1.165) is 24.2 Å². The lowest BCUT2D eigenvalue weighted by Crippen LogP contribution is -2.34. The number of carbonyl (C=O) groups is 1. The molecule has 2 rings (SSSR count). The molecule has 0 aliphatic carbocycles. The van der Waals surface area contributed by atoms with Crippen LogP contribution in [0, 0.1) is 25.7 Å². The zero-order valence-electron chi connectivity index (χ0n) is 12.3. The summed E-state index contributed by atoms with van der Waals surface area (Å²) >= 11 is 0. The summed E-state index contributed by atoms with van der Waals surface area (Å²) in [6.45, 7) is 8.53. The van der Waals surface area contributed by atoms with Crippen LogP contribution in [0.5, 0.6) is 0 Å². The minimum Gasteiger partial charge on any atom is -0.316 e. The second-order valence-corrected chi connectivity index (χ2v) is 6.03. The summed E-state index contributed by atoms with van der Waals surface area (Å²) in [6, 6.07) is 6.12. The standard InChI is InChI=1S/C17H25NO/c1-12-6-7-16(14(3)9-12)17(19)10-13(2)15-5-4-8-18-11-15/h6-7,9,13,15,18H,4-5,8,10-11H2,1-3H3. The minimum atomic E-state index is 0.301. The van der Waals surface area contributed by atoms with Gasteiger partial charge in [0.25, 0.3) is 0 Å². The Bertz CT molecular complexity index is 447. The van der Waals surface area contributed by atoms with E-state index in [2.05, 4.69) is 25.2 Å². The lowest BCUT2D eigenvalue weighted by atomic mass is 9.83. The molecule has 2 atom stereocenters. The number of aryl methyl sites for hydroxylation is 2. The van der Waals surface area contributed by atoms with Crippen LogP contribution in [0.2, 0.25) is 0 Å². The molecule has 1 N–H and O–H groups in total. The molecule has 2 nitrogen and oxygen atoms in total. The zero-order chi connectivity index (χ0) is 13.8. The van der Waals surface area contributed by atoms with Gasteiger partial charge in [0, 0.05) is 12.0 Å². The molecule has 1 fully saturated rings. The average Bonchev–Trinajstić information content (AvgIpc) is 2.39. The molecule has 1 aromatic carbocycles. The van der Waals surface area contributed by atoms with Crippen LogP contribution in [-0.2, 0) is 0 Å². The summed E-state index contributed by atoms with van der Waals surface area (Å²) in [5.41, 5.74) is 3.23. The molecule has 0 saturated carbocycles. The lowest BCUT2D eigenvalue weighted by Gasteiger charge is -2.28. The molecule has 2 heteroatoms. The van der Waals surface area contributed by atoms with Crippen molar-refractivity contribution in [1.29, 1.82) is 0 Å². The molecule has 1 aliphatic heterocycles. The van der Waals surface area contributed by atoms with Crippen LogP contribution < -0.4 is 5.32 Å². The largest absolute Gasteiger partial charge is 0.316 e. The van der Waals surface area contributed by atoms with Crippen LogP contribution in [0.15, 0.2) is 18.2 Å². The Morgan fingerprint density at radius 1 is 1.42 bits per heavy atom. The Balaban J connectivity index is 1.99. The zero-order valence-corrected chi connectivity index (χ0v) is 12.3. The molecule has 0 amide bonds. The number of rotatable bonds is 4. The number of ketones is 1. The van der Waals surface area contributed by atoms with Gasteiger partial charge < -0.3 is 5.32 Å². The SMILES string of the molecule is Cc1ccc(C(=O)CC(C)C2CCCNC2)c(C)c1. The van der Waals surface area contributed by atoms with Gasteiger partial charge in [-0.15, -0.1) is 0 Å². The average molecular weight is 259 g/mol. The van der Waals surface area contributed by atoms with E-state index in [-0.39, 0.29) is 0 Å². The third-order valence-electron chi connectivity index (χ3n) is 4.33. The first-order valence-corrected chi connectivity index (χ1v) is 7.39. The van der Waals surface area contributed by atoms with E-state index in [1.54, 1.807) is 0 Å². The molecule has 0 bridgehead atoms. The molecule has 0 aromatic heterocycles. The highest BCUT2D eigenvalue weighted by atomic mass is 16.1. The van der Waals surface area contributed by atoms with Crippen LogP contribution in [0.3, 0.4) is 0 Å². The highest BCUT2D eigenvalue weighted by Crippen LogP contribution is 2.25. The molecule has 1 heterocycles. The number of Topliss-reactive ketones (excluding diaryl/α,β-unsaturated/α-hetero) is 1. The second-order valence-electron chi connectivity index (χ2n) is 6.03. The summed E-state index contributed by atoms with van der Waals surface area (Å²) in [6.07, 6.45) is 3.18. The van der Waals surface area contributed by atoms with E-state index in [0.29, 0.717) is 24.0 Å². The molecule has 19 heavy (non-hydrogen) atoms. The third-order valence-corrected chi connectivity index (χ3v) is 4.33. The topological polar surface area (TPSA) is 29.1 Å². The number of hydrogen-bond acceptors (Lipinski definition) is 2. The predicted octanol–water partition coefficient (Wildman–Crippen LogP) is 3.51. The first-order valence-electron chi connectivity index (χ1n) is 7.39. The van der Waals surface area contributed by atoms with Crippen molar-refractivity contribution < 1.29 is 4.79 Å². The van der Waals surface area contributed by atoms with Gasteiger partial charge in [-0.1, -0.05) is 30.7 Å². The Kier molecular flexibility index (Phi) is 4.76. The minimum absolute atomic E-state index is 0.301. The smallest absolute Gasteiger partial charge is 0.163 e. The van der Waals surface area contributed by atoms with Crippen molar-refractivity contribution in [3.05, 3.63) is 34.9 Å². The normalized spacial score (nSPS) is 21.1. The van der Waals surface area contributed by atoms with E-state index >= 15 is 0 Å². The van der Waals surface area contributed by atoms with Crippen molar-refractivity contribution >= 4 is 5.78 Å². The van der Waals surface area contributed by atoms with Gasteiger partial charge >= 0.3 is 0 Å². The quantitative estimate of drug-likeness (QED) is 0.838. The Morgan fingerprint density at radius 2 is 2.21 bits per heavy atom. The van der Waals surface area contributed by atoms with E-state index in [4.69, 9.17) is 0 Å². The number of nitrogens with one attached hydrogen (secondary N) is 1. The maximum atomic E-state index is 12.4. The molecule has 2 unspecified atom stereocenters. The fraction of sp³-hybridized carbons (Fsp3) is 0.588. The Labute approximate surface area is 116 Å². The summed E-state index contributed by atoms with van der Waals surface area (Å²) in [5.74, 6) is 1.43. The number of piperidine rings is 1. The highest BCUT2D eigenvalue weighted by Gasteiger charge is 2.22. The van der Waals surface area contributed by atoms with Crippen LogP contribution in [0.4, 0.5) is 0 Å². The molecule has 1 saturated heterocycles. The van der Waals surface area contributed by atoms with Crippen molar-refractivity contribution in [3.8, 4) is 0 Å². The van der Waals surface area contributed by atoms with E-state index < -0.39 is 0 Å². The summed E-state index contributed by atoms with van der Waals surface area (Å²) in [7, 11) is 0. The monoisotopic (exact) mass is 259 g/mol. The van der Waals surface area contributed by atoms with E-state index in [1.807, 2.05) is 19.1 Å². The van der Waals surface area contributed by atoms with E-state index in [1.165, 1.54) is 18.4 Å². The van der Waals surface area contributed by atoms with Crippen molar-refractivity contribution in [3.63, 3.8) is 0 Å². The summed E-state index contributed by atoms with van der Waals surface area (Å²) in [4.78, 5) is 12.4. The molecule has 0 radical (unpaired) electrons. The van der Waals surface area contributed by atoms with Crippen LogP contribution in [0.1, 0.15) is 47.7 Å². The first-order chi connectivity index (χ1) is 9.08. The van der Waals surface area contributed by atoms with Crippen molar-refractivity contribution in [2.45, 2.75) is 40.0 Å². The Morgan fingerprint density at radius 3 is 2.84 bits per heavy atom. The number of benzene rings is 1. The second kappa shape index (κ2) is 6.33. The van der Waals surface area contributed by atoms with Gasteiger partial charge in [-0.25, -0.2) is 0 Å². The van der Waals surface area contributed by atoms with Gasteiger partial charge in [0.15, 0.2) is 5.78 Å². The summed E-state index contributed by atoms with van der Waals surface area (Å²) < 4.78 is 0. The molecule has 1 aromatic rings. The lowest BCUT2D eigenvalue weighted by molar-refractivity contribution is 0.0942. The first kappa shape index (κ1) is 14.3. The van der Waals surface area contributed by atoms with Crippen LogP contribution in [0.25, 0.3) is 0 Å². The van der Waals surface area contributed by atoms with Gasteiger partial charge in [0.05, 0.1) is 0 Å². The van der Waals surface area contributed by atoms with E-state index in [9.17, 15) is 4.79 Å². The molecule has 104 valence electrons. The molecular formula is C17H25NO. The van der Waals surface area contributed by atoms with Crippen LogP contribution in [-0.4, -0.2) is 18.9 Å².